The van der Waals surface area contributed by atoms with Crippen molar-refractivity contribution >= 4 is 0 Å². The minimum Gasteiger partial charge on any atom is -0.329 e. The molecule has 2 nitrogen and oxygen atoms in total. The van der Waals surface area contributed by atoms with Crippen LogP contribution in [0.25, 0.3) is 0 Å². The maximum Gasteiger partial charge on any atom is 0.126 e. The number of halogens is 1. The Morgan fingerprint density at radius 3 is 2.05 bits per heavy atom. The minimum atomic E-state index is -0.212. The molecule has 0 amide bonds. The standard InChI is InChI=1S/C18H31FN2/c1-14(2)11-21(12-15(3)4)18(5,13-20)10-16-8-6-7-9-17(16)19/h6-9,14-15H,10-13,20H2,1-5H3. The second kappa shape index (κ2) is 7.90. The van der Waals surface area contributed by atoms with E-state index in [1.807, 2.05) is 12.1 Å². The quantitative estimate of drug-likeness (QED) is 0.792. The fraction of sp³-hybridized carbons (Fsp3) is 0.667. The van der Waals surface area contributed by atoms with Gasteiger partial charge in [0, 0.05) is 25.2 Å². The molecule has 0 saturated heterocycles. The minimum absolute atomic E-state index is 0.133. The lowest BCUT2D eigenvalue weighted by atomic mass is 9.89. The molecule has 1 rings (SSSR count). The lowest BCUT2D eigenvalue weighted by molar-refractivity contribution is 0.0812. The summed E-state index contributed by atoms with van der Waals surface area (Å²) in [5, 5.41) is 0. The fourth-order valence-corrected chi connectivity index (χ4v) is 2.76. The van der Waals surface area contributed by atoms with Crippen molar-refractivity contribution < 1.29 is 4.39 Å². The third-order valence-corrected chi connectivity index (χ3v) is 3.90. The maximum atomic E-state index is 14.0. The zero-order chi connectivity index (χ0) is 16.0. The second-order valence-electron chi connectivity index (χ2n) is 7.16. The van der Waals surface area contributed by atoms with Crippen LogP contribution in [-0.2, 0) is 6.42 Å². The Kier molecular flexibility index (Phi) is 6.82. The molecule has 0 aromatic heterocycles. The monoisotopic (exact) mass is 294 g/mol. The van der Waals surface area contributed by atoms with Gasteiger partial charge >= 0.3 is 0 Å². The average molecular weight is 294 g/mol. The smallest absolute Gasteiger partial charge is 0.126 e. The van der Waals surface area contributed by atoms with Crippen molar-refractivity contribution in [2.24, 2.45) is 17.6 Å². The molecular formula is C18H31FN2. The van der Waals surface area contributed by atoms with Crippen LogP contribution < -0.4 is 5.73 Å². The number of benzene rings is 1. The van der Waals surface area contributed by atoms with E-state index in [4.69, 9.17) is 5.73 Å². The number of hydrogen-bond acceptors (Lipinski definition) is 2. The topological polar surface area (TPSA) is 29.3 Å². The van der Waals surface area contributed by atoms with E-state index in [0.717, 1.165) is 18.7 Å². The molecule has 0 heterocycles. The molecule has 0 fully saturated rings. The summed E-state index contributed by atoms with van der Waals surface area (Å²) in [5.41, 5.74) is 6.63. The molecule has 0 spiro atoms. The Balaban J connectivity index is 3.00. The van der Waals surface area contributed by atoms with E-state index in [2.05, 4.69) is 39.5 Å². The highest BCUT2D eigenvalue weighted by Crippen LogP contribution is 2.24. The highest BCUT2D eigenvalue weighted by Gasteiger charge is 2.32. The van der Waals surface area contributed by atoms with Gasteiger partial charge in [-0.2, -0.15) is 0 Å². The van der Waals surface area contributed by atoms with E-state index in [9.17, 15) is 4.39 Å². The number of rotatable bonds is 8. The third kappa shape index (κ3) is 5.40. The number of nitrogens with zero attached hydrogens (tertiary/aromatic N) is 1. The van der Waals surface area contributed by atoms with Crippen molar-refractivity contribution in [3.8, 4) is 0 Å². The predicted molar refractivity (Wildman–Crippen MR) is 88.8 cm³/mol. The van der Waals surface area contributed by atoms with E-state index >= 15 is 0 Å². The Morgan fingerprint density at radius 2 is 1.62 bits per heavy atom. The van der Waals surface area contributed by atoms with Gasteiger partial charge < -0.3 is 5.73 Å². The molecule has 1 atom stereocenters. The van der Waals surface area contributed by atoms with E-state index in [0.29, 0.717) is 24.8 Å². The molecule has 0 aliphatic carbocycles. The number of nitrogens with two attached hydrogens (primary N) is 1. The summed E-state index contributed by atoms with van der Waals surface area (Å²) in [5.74, 6) is 0.997. The van der Waals surface area contributed by atoms with Crippen molar-refractivity contribution in [3.63, 3.8) is 0 Å². The highest BCUT2D eigenvalue weighted by atomic mass is 19.1. The van der Waals surface area contributed by atoms with Crippen molar-refractivity contribution in [1.29, 1.82) is 0 Å². The third-order valence-electron chi connectivity index (χ3n) is 3.90. The summed E-state index contributed by atoms with van der Waals surface area (Å²) in [7, 11) is 0. The van der Waals surface area contributed by atoms with Gasteiger partial charge in [-0.25, -0.2) is 4.39 Å². The summed E-state index contributed by atoms with van der Waals surface area (Å²) in [6.45, 7) is 13.5. The van der Waals surface area contributed by atoms with Gasteiger partial charge in [-0.05, 0) is 36.8 Å². The first-order valence-electron chi connectivity index (χ1n) is 7.97. The van der Waals surface area contributed by atoms with E-state index in [1.165, 1.54) is 6.07 Å². The molecule has 0 saturated carbocycles. The van der Waals surface area contributed by atoms with Gasteiger partial charge in [-0.3, -0.25) is 4.90 Å². The average Bonchev–Trinajstić information content (AvgIpc) is 2.39. The summed E-state index contributed by atoms with van der Waals surface area (Å²) in [6.07, 6.45) is 0.648. The van der Waals surface area contributed by atoms with Crippen LogP contribution in [0.2, 0.25) is 0 Å². The number of hydrogen-bond donors (Lipinski definition) is 1. The van der Waals surface area contributed by atoms with E-state index < -0.39 is 0 Å². The van der Waals surface area contributed by atoms with E-state index in [-0.39, 0.29) is 11.4 Å². The van der Waals surface area contributed by atoms with Crippen LogP contribution >= 0.6 is 0 Å². The van der Waals surface area contributed by atoms with Gasteiger partial charge in [-0.1, -0.05) is 45.9 Å². The van der Waals surface area contributed by atoms with Gasteiger partial charge in [0.1, 0.15) is 5.82 Å². The fourth-order valence-electron chi connectivity index (χ4n) is 2.76. The molecule has 21 heavy (non-hydrogen) atoms. The predicted octanol–water partition coefficient (Wildman–Crippen LogP) is 3.70. The molecule has 1 unspecified atom stereocenters. The highest BCUT2D eigenvalue weighted by molar-refractivity contribution is 5.20. The summed E-state index contributed by atoms with van der Waals surface area (Å²) >= 11 is 0. The van der Waals surface area contributed by atoms with Gasteiger partial charge in [-0.15, -0.1) is 0 Å². The molecule has 0 radical (unpaired) electrons. The largest absolute Gasteiger partial charge is 0.329 e. The Hall–Kier alpha value is -0.930. The SMILES string of the molecule is CC(C)CN(CC(C)C)C(C)(CN)Cc1ccccc1F. The second-order valence-corrected chi connectivity index (χ2v) is 7.16. The zero-order valence-corrected chi connectivity index (χ0v) is 14.2. The van der Waals surface area contributed by atoms with Gasteiger partial charge in [0.15, 0.2) is 0 Å². The van der Waals surface area contributed by atoms with Crippen LogP contribution in [0.15, 0.2) is 24.3 Å². The van der Waals surface area contributed by atoms with Crippen LogP contribution in [0.3, 0.4) is 0 Å². The van der Waals surface area contributed by atoms with Gasteiger partial charge in [0.2, 0.25) is 0 Å². The molecule has 1 aromatic rings. The Labute approximate surface area is 129 Å². The van der Waals surface area contributed by atoms with Gasteiger partial charge in [0.25, 0.3) is 0 Å². The van der Waals surface area contributed by atoms with Crippen molar-refractivity contribution in [3.05, 3.63) is 35.6 Å². The van der Waals surface area contributed by atoms with Crippen LogP contribution in [-0.4, -0.2) is 30.1 Å². The Morgan fingerprint density at radius 1 is 1.10 bits per heavy atom. The van der Waals surface area contributed by atoms with Crippen molar-refractivity contribution in [1.82, 2.24) is 4.90 Å². The molecule has 120 valence electrons. The first kappa shape index (κ1) is 18.1. The molecular weight excluding hydrogens is 263 g/mol. The lowest BCUT2D eigenvalue weighted by Gasteiger charge is -2.43. The summed E-state index contributed by atoms with van der Waals surface area (Å²) in [4.78, 5) is 2.44. The lowest BCUT2D eigenvalue weighted by Crippen LogP contribution is -2.55. The first-order chi connectivity index (χ1) is 9.78. The Bertz CT molecular complexity index is 421. The normalized spacial score (nSPS) is 15.0. The van der Waals surface area contributed by atoms with Crippen LogP contribution in [0.4, 0.5) is 4.39 Å². The molecule has 1 aromatic carbocycles. The van der Waals surface area contributed by atoms with Crippen LogP contribution in [0.1, 0.15) is 40.2 Å². The van der Waals surface area contributed by atoms with Crippen LogP contribution in [0, 0.1) is 17.7 Å². The van der Waals surface area contributed by atoms with E-state index in [1.54, 1.807) is 6.07 Å². The summed E-state index contributed by atoms with van der Waals surface area (Å²) < 4.78 is 14.0. The van der Waals surface area contributed by atoms with Crippen molar-refractivity contribution in [2.45, 2.75) is 46.6 Å². The molecule has 0 aliphatic heterocycles. The van der Waals surface area contributed by atoms with Crippen molar-refractivity contribution in [2.75, 3.05) is 19.6 Å². The molecule has 0 bridgehead atoms. The van der Waals surface area contributed by atoms with Crippen LogP contribution in [0.5, 0.6) is 0 Å². The summed E-state index contributed by atoms with van der Waals surface area (Å²) in [6, 6.07) is 7.02. The molecule has 2 N–H and O–H groups in total. The zero-order valence-electron chi connectivity index (χ0n) is 14.2. The molecule has 0 aliphatic rings. The first-order valence-corrected chi connectivity index (χ1v) is 7.97. The maximum absolute atomic E-state index is 14.0. The van der Waals surface area contributed by atoms with Gasteiger partial charge in [0.05, 0.1) is 0 Å². The molecule has 3 heteroatoms.